The van der Waals surface area contributed by atoms with Gasteiger partial charge < -0.3 is 15.5 Å². The van der Waals surface area contributed by atoms with E-state index in [1.54, 1.807) is 0 Å². The van der Waals surface area contributed by atoms with Gasteiger partial charge in [0.1, 0.15) is 0 Å². The van der Waals surface area contributed by atoms with Crippen LogP contribution in [0.2, 0.25) is 0 Å². The molecule has 0 bridgehead atoms. The minimum absolute atomic E-state index is 0.0935. The van der Waals surface area contributed by atoms with Crippen LogP contribution in [0.4, 0.5) is 13.2 Å². The van der Waals surface area contributed by atoms with Crippen molar-refractivity contribution in [1.82, 2.24) is 4.98 Å². The monoisotopic (exact) mass is 286 g/mol. The van der Waals surface area contributed by atoms with E-state index in [0.29, 0.717) is 0 Å². The molecule has 1 aromatic rings. The number of H-pyrrole nitrogens is 1. The second-order valence-electron chi connectivity index (χ2n) is 2.54. The molecule has 0 radical (unpaired) electrons. The minimum Gasteiger partial charge on any atom is -0.403 e. The molecule has 1 heterocycles. The largest absolute Gasteiger partial charge is 0.573 e. The third-order valence-corrected chi connectivity index (χ3v) is 2.03. The van der Waals surface area contributed by atoms with Crippen molar-refractivity contribution < 1.29 is 17.9 Å². The molecular weight excluding hydrogens is 281 g/mol. The predicted octanol–water partition coefficient (Wildman–Crippen LogP) is 1.49. The lowest BCUT2D eigenvalue weighted by Gasteiger charge is -2.13. The summed E-state index contributed by atoms with van der Waals surface area (Å²) in [7, 11) is 0. The molecule has 0 saturated heterocycles. The highest BCUT2D eigenvalue weighted by atomic mass is 79.9. The molecule has 3 N–H and O–H groups in total. The van der Waals surface area contributed by atoms with Crippen LogP contribution in [0.15, 0.2) is 15.3 Å². The third kappa shape index (κ3) is 3.24. The number of pyridine rings is 1. The minimum atomic E-state index is -4.83. The van der Waals surface area contributed by atoms with E-state index in [-0.39, 0.29) is 16.7 Å². The van der Waals surface area contributed by atoms with E-state index >= 15 is 0 Å². The predicted molar refractivity (Wildman–Crippen MR) is 49.3 cm³/mol. The number of alkyl halides is 3. The molecule has 0 atom stereocenters. The van der Waals surface area contributed by atoms with Gasteiger partial charge in [-0.1, -0.05) is 0 Å². The molecule has 4 nitrogen and oxygen atoms in total. The Morgan fingerprint density at radius 1 is 1.53 bits per heavy atom. The summed E-state index contributed by atoms with van der Waals surface area (Å²) in [5.74, 6) is -0.524. The first kappa shape index (κ1) is 12.1. The zero-order valence-electron chi connectivity index (χ0n) is 7.19. The highest BCUT2D eigenvalue weighted by Crippen LogP contribution is 2.31. The van der Waals surface area contributed by atoms with E-state index in [1.165, 1.54) is 0 Å². The average molecular weight is 287 g/mol. The van der Waals surface area contributed by atoms with Gasteiger partial charge in [0.25, 0.3) is 0 Å². The van der Waals surface area contributed by atoms with Gasteiger partial charge in [-0.15, -0.1) is 13.2 Å². The molecule has 0 aliphatic heterocycles. The Morgan fingerprint density at radius 2 is 2.13 bits per heavy atom. The molecule has 0 aliphatic rings. The number of halogens is 4. The summed E-state index contributed by atoms with van der Waals surface area (Å²) in [6.45, 7) is -0.264. The number of hydrogen-bond donors (Lipinski definition) is 2. The molecule has 0 amide bonds. The highest BCUT2D eigenvalue weighted by molar-refractivity contribution is 9.10. The van der Waals surface area contributed by atoms with Gasteiger partial charge in [-0.05, 0) is 15.9 Å². The fraction of sp³-hybridized carbons (Fsp3) is 0.286. The fourth-order valence-electron chi connectivity index (χ4n) is 0.936. The molecular formula is C7H6BrF3N2O2. The summed E-state index contributed by atoms with van der Waals surface area (Å²) in [6, 6.07) is 0.931. The Balaban J connectivity index is 3.21. The Hall–Kier alpha value is -1.02. The van der Waals surface area contributed by atoms with Crippen molar-refractivity contribution in [3.8, 4) is 5.75 Å². The number of aromatic nitrogens is 1. The third-order valence-electron chi connectivity index (χ3n) is 1.44. The maximum atomic E-state index is 12.0. The molecule has 0 spiro atoms. The van der Waals surface area contributed by atoms with Crippen LogP contribution < -0.4 is 16.0 Å². The van der Waals surface area contributed by atoms with Gasteiger partial charge in [0.15, 0.2) is 5.75 Å². The smallest absolute Gasteiger partial charge is 0.403 e. The molecule has 84 valence electrons. The second-order valence-corrected chi connectivity index (χ2v) is 3.40. The Kier molecular flexibility index (Phi) is 3.40. The first-order valence-corrected chi connectivity index (χ1v) is 4.50. The maximum Gasteiger partial charge on any atom is 0.573 e. The molecule has 0 aliphatic carbocycles. The van der Waals surface area contributed by atoms with Crippen LogP contribution in [0.3, 0.4) is 0 Å². The molecule has 0 aromatic carbocycles. The van der Waals surface area contributed by atoms with Gasteiger partial charge in [-0.25, -0.2) is 0 Å². The summed E-state index contributed by atoms with van der Waals surface area (Å²) in [5.41, 5.74) is 4.49. The van der Waals surface area contributed by atoms with Crippen molar-refractivity contribution in [1.29, 1.82) is 0 Å². The van der Waals surface area contributed by atoms with Crippen LogP contribution in [0.1, 0.15) is 5.69 Å². The second kappa shape index (κ2) is 4.23. The Bertz CT molecular complexity index is 416. The summed E-state index contributed by atoms with van der Waals surface area (Å²) < 4.78 is 39.5. The van der Waals surface area contributed by atoms with Gasteiger partial charge in [0, 0.05) is 12.6 Å². The highest BCUT2D eigenvalue weighted by Gasteiger charge is 2.33. The van der Waals surface area contributed by atoms with Crippen LogP contribution in [-0.2, 0) is 6.54 Å². The van der Waals surface area contributed by atoms with Crippen LogP contribution in [0, 0.1) is 0 Å². The van der Waals surface area contributed by atoms with E-state index in [0.717, 1.165) is 6.07 Å². The molecule has 0 fully saturated rings. The topological polar surface area (TPSA) is 68.1 Å². The van der Waals surface area contributed by atoms with Crippen molar-refractivity contribution in [3.05, 3.63) is 26.6 Å². The van der Waals surface area contributed by atoms with E-state index in [4.69, 9.17) is 5.73 Å². The molecule has 1 aromatic heterocycles. The molecule has 0 unspecified atom stereocenters. The van der Waals surface area contributed by atoms with Crippen LogP contribution in [0.25, 0.3) is 0 Å². The lowest BCUT2D eigenvalue weighted by Crippen LogP contribution is -2.21. The number of aromatic amines is 1. The van der Waals surface area contributed by atoms with Crippen LogP contribution >= 0.6 is 15.9 Å². The number of hydrogen-bond acceptors (Lipinski definition) is 3. The Labute approximate surface area is 90.4 Å². The van der Waals surface area contributed by atoms with Crippen LogP contribution in [-0.4, -0.2) is 11.3 Å². The van der Waals surface area contributed by atoms with Crippen molar-refractivity contribution in [2.75, 3.05) is 0 Å². The number of ether oxygens (including phenoxy) is 1. The molecule has 15 heavy (non-hydrogen) atoms. The standard InChI is InChI=1S/C7H6BrF3N2O2/c8-3-1-5(14)13-4(2-12)6(3)15-7(9,10)11/h1H,2,12H2,(H,13,14). The summed E-state index contributed by atoms with van der Waals surface area (Å²) >= 11 is 2.79. The Morgan fingerprint density at radius 3 is 2.60 bits per heavy atom. The normalized spacial score (nSPS) is 11.5. The van der Waals surface area contributed by atoms with E-state index in [9.17, 15) is 18.0 Å². The van der Waals surface area contributed by atoms with Crippen LogP contribution in [0.5, 0.6) is 5.75 Å². The van der Waals surface area contributed by atoms with E-state index in [2.05, 4.69) is 25.7 Å². The maximum absolute atomic E-state index is 12.0. The molecule has 1 rings (SSSR count). The van der Waals surface area contributed by atoms with E-state index < -0.39 is 17.7 Å². The SMILES string of the molecule is NCc1[nH]c(=O)cc(Br)c1OC(F)(F)F. The fourth-order valence-corrected chi connectivity index (χ4v) is 1.46. The number of rotatable bonds is 2. The van der Waals surface area contributed by atoms with Crippen molar-refractivity contribution in [3.63, 3.8) is 0 Å². The van der Waals surface area contributed by atoms with Gasteiger partial charge in [-0.3, -0.25) is 4.79 Å². The number of nitrogens with two attached hydrogens (primary N) is 1. The van der Waals surface area contributed by atoms with Crippen molar-refractivity contribution >= 4 is 15.9 Å². The first-order valence-electron chi connectivity index (χ1n) is 3.71. The summed E-state index contributed by atoms with van der Waals surface area (Å²) in [5, 5.41) is 0. The van der Waals surface area contributed by atoms with Gasteiger partial charge in [0.05, 0.1) is 10.2 Å². The van der Waals surface area contributed by atoms with Gasteiger partial charge >= 0.3 is 6.36 Å². The van der Waals surface area contributed by atoms with Crippen molar-refractivity contribution in [2.45, 2.75) is 12.9 Å². The lowest BCUT2D eigenvalue weighted by atomic mass is 10.3. The van der Waals surface area contributed by atoms with Gasteiger partial charge in [0.2, 0.25) is 5.56 Å². The van der Waals surface area contributed by atoms with E-state index in [1.807, 2.05) is 0 Å². The van der Waals surface area contributed by atoms with Crippen molar-refractivity contribution in [2.24, 2.45) is 5.73 Å². The van der Waals surface area contributed by atoms with Gasteiger partial charge in [-0.2, -0.15) is 0 Å². The average Bonchev–Trinajstić information content (AvgIpc) is 2.07. The number of nitrogens with one attached hydrogen (secondary N) is 1. The lowest BCUT2D eigenvalue weighted by molar-refractivity contribution is -0.275. The first-order chi connectivity index (χ1) is 6.83. The summed E-state index contributed by atoms with van der Waals surface area (Å²) in [4.78, 5) is 13.1. The zero-order chi connectivity index (χ0) is 11.6. The quantitative estimate of drug-likeness (QED) is 0.866. The zero-order valence-corrected chi connectivity index (χ0v) is 8.78. The summed E-state index contributed by atoms with van der Waals surface area (Å²) in [6.07, 6.45) is -4.83. The molecule has 0 saturated carbocycles. The molecule has 8 heteroatoms.